The monoisotopic (exact) mass is 226 g/mol. The van der Waals surface area contributed by atoms with E-state index in [1.54, 1.807) is 0 Å². The Hall–Kier alpha value is -0.370. The van der Waals surface area contributed by atoms with Gasteiger partial charge in [-0.15, -0.1) is 0 Å². The van der Waals surface area contributed by atoms with Crippen LogP contribution in [0.3, 0.4) is 0 Å². The molecule has 0 heterocycles. The lowest BCUT2D eigenvalue weighted by molar-refractivity contribution is -0.137. The van der Waals surface area contributed by atoms with Crippen molar-refractivity contribution in [3.63, 3.8) is 0 Å². The zero-order chi connectivity index (χ0) is 12.0. The summed E-state index contributed by atoms with van der Waals surface area (Å²) in [4.78, 5) is 12.0. The molecule has 2 nitrogen and oxygen atoms in total. The maximum atomic E-state index is 12.0. The van der Waals surface area contributed by atoms with E-state index >= 15 is 0 Å². The molecule has 1 unspecified atom stereocenters. The van der Waals surface area contributed by atoms with Gasteiger partial charge in [0.05, 0.1) is 0 Å². The molecule has 0 aromatic carbocycles. The van der Waals surface area contributed by atoms with E-state index in [0.717, 1.165) is 25.7 Å². The second-order valence-corrected chi connectivity index (χ2v) is 5.28. The lowest BCUT2D eigenvalue weighted by Gasteiger charge is -2.23. The van der Waals surface area contributed by atoms with Crippen LogP contribution in [0.25, 0.3) is 0 Å². The van der Waals surface area contributed by atoms with E-state index < -0.39 is 5.60 Å². The van der Waals surface area contributed by atoms with Gasteiger partial charge in [-0.2, -0.15) is 0 Å². The predicted octanol–water partition coefficient (Wildman–Crippen LogP) is 3.47. The average molecular weight is 226 g/mol. The Labute approximate surface area is 99.4 Å². The number of Topliss-reactive ketones (excluding diaryl/α,β-unsaturated/α-hetero) is 1. The van der Waals surface area contributed by atoms with Gasteiger partial charge in [0.25, 0.3) is 0 Å². The molecule has 0 bridgehead atoms. The van der Waals surface area contributed by atoms with Crippen LogP contribution in [0.5, 0.6) is 0 Å². The van der Waals surface area contributed by atoms with Gasteiger partial charge in [-0.25, -0.2) is 0 Å². The van der Waals surface area contributed by atoms with Crippen LogP contribution in [0.15, 0.2) is 0 Å². The number of rotatable bonds is 7. The second-order valence-electron chi connectivity index (χ2n) is 5.28. The molecule has 1 aliphatic carbocycles. The molecule has 0 aromatic rings. The highest BCUT2D eigenvalue weighted by atomic mass is 16.3. The highest BCUT2D eigenvalue weighted by Gasteiger charge is 2.38. The van der Waals surface area contributed by atoms with Crippen molar-refractivity contribution in [2.24, 2.45) is 5.92 Å². The summed E-state index contributed by atoms with van der Waals surface area (Å²) < 4.78 is 0. The van der Waals surface area contributed by atoms with Gasteiger partial charge < -0.3 is 5.11 Å². The second kappa shape index (κ2) is 6.39. The quantitative estimate of drug-likeness (QED) is 0.721. The normalized spacial score (nSPS) is 20.9. The molecular formula is C14H26O2. The van der Waals surface area contributed by atoms with Crippen molar-refractivity contribution in [1.29, 1.82) is 0 Å². The zero-order valence-electron chi connectivity index (χ0n) is 10.8. The van der Waals surface area contributed by atoms with Gasteiger partial charge in [-0.1, -0.05) is 39.5 Å². The van der Waals surface area contributed by atoms with Gasteiger partial charge in [0.1, 0.15) is 5.60 Å². The summed E-state index contributed by atoms with van der Waals surface area (Å²) in [6.07, 6.45) is 8.57. The summed E-state index contributed by atoms with van der Waals surface area (Å²) in [7, 11) is 0. The molecule has 0 spiro atoms. The Morgan fingerprint density at radius 1 is 1.31 bits per heavy atom. The number of carbonyl (C=O) groups excluding carboxylic acids is 1. The smallest absolute Gasteiger partial charge is 0.164 e. The van der Waals surface area contributed by atoms with Crippen molar-refractivity contribution in [3.05, 3.63) is 0 Å². The molecule has 0 aliphatic heterocycles. The fourth-order valence-corrected chi connectivity index (χ4v) is 2.63. The molecule has 1 aliphatic rings. The van der Waals surface area contributed by atoms with Crippen molar-refractivity contribution in [2.45, 2.75) is 77.2 Å². The SMILES string of the molecule is CCCCC(CC)CC(=O)C1(O)CCCC1. The fraction of sp³-hybridized carbons (Fsp3) is 0.929. The average Bonchev–Trinajstić information content (AvgIpc) is 2.72. The van der Waals surface area contributed by atoms with Crippen LogP contribution in [-0.4, -0.2) is 16.5 Å². The van der Waals surface area contributed by atoms with Crippen LogP contribution in [0.1, 0.15) is 71.6 Å². The molecule has 1 fully saturated rings. The summed E-state index contributed by atoms with van der Waals surface area (Å²) >= 11 is 0. The fourth-order valence-electron chi connectivity index (χ4n) is 2.63. The van der Waals surface area contributed by atoms with E-state index in [1.807, 2.05) is 0 Å². The van der Waals surface area contributed by atoms with Crippen LogP contribution in [0.4, 0.5) is 0 Å². The first kappa shape index (κ1) is 13.7. The van der Waals surface area contributed by atoms with Gasteiger partial charge in [-0.3, -0.25) is 4.79 Å². The van der Waals surface area contributed by atoms with Crippen molar-refractivity contribution in [3.8, 4) is 0 Å². The molecule has 94 valence electrons. The maximum absolute atomic E-state index is 12.0. The van der Waals surface area contributed by atoms with Crippen LogP contribution in [-0.2, 0) is 4.79 Å². The Morgan fingerprint density at radius 3 is 2.44 bits per heavy atom. The summed E-state index contributed by atoms with van der Waals surface area (Å²) in [5.74, 6) is 0.588. The number of carbonyl (C=O) groups is 1. The van der Waals surface area contributed by atoms with Crippen molar-refractivity contribution in [1.82, 2.24) is 0 Å². The van der Waals surface area contributed by atoms with Gasteiger partial charge in [0.2, 0.25) is 0 Å². The molecule has 0 radical (unpaired) electrons. The van der Waals surface area contributed by atoms with Crippen molar-refractivity contribution >= 4 is 5.78 Å². The van der Waals surface area contributed by atoms with E-state index in [9.17, 15) is 9.90 Å². The molecule has 1 saturated carbocycles. The number of aliphatic hydroxyl groups is 1. The van der Waals surface area contributed by atoms with E-state index in [1.165, 1.54) is 12.8 Å². The molecule has 0 aromatic heterocycles. The molecule has 1 rings (SSSR count). The van der Waals surface area contributed by atoms with E-state index in [4.69, 9.17) is 0 Å². The lowest BCUT2D eigenvalue weighted by Crippen LogP contribution is -2.36. The van der Waals surface area contributed by atoms with Gasteiger partial charge in [0, 0.05) is 6.42 Å². The summed E-state index contributed by atoms with van der Waals surface area (Å²) in [6.45, 7) is 4.32. The zero-order valence-corrected chi connectivity index (χ0v) is 10.8. The standard InChI is InChI=1S/C14H26O2/c1-3-5-8-12(4-2)11-13(15)14(16)9-6-7-10-14/h12,16H,3-11H2,1-2H3. The van der Waals surface area contributed by atoms with E-state index in [-0.39, 0.29) is 5.78 Å². The molecule has 0 amide bonds. The molecule has 1 atom stereocenters. The lowest BCUT2D eigenvalue weighted by atomic mass is 9.86. The molecule has 0 saturated heterocycles. The summed E-state index contributed by atoms with van der Waals surface area (Å²) in [5, 5.41) is 10.2. The molecule has 1 N–H and O–H groups in total. The summed E-state index contributed by atoms with van der Waals surface area (Å²) in [6, 6.07) is 0. The molecular weight excluding hydrogens is 200 g/mol. The first-order valence-electron chi connectivity index (χ1n) is 6.88. The highest BCUT2D eigenvalue weighted by molar-refractivity contribution is 5.87. The van der Waals surface area contributed by atoms with Gasteiger partial charge in [0.15, 0.2) is 5.78 Å². The number of hydrogen-bond donors (Lipinski definition) is 1. The Bertz CT molecular complexity index is 217. The van der Waals surface area contributed by atoms with Crippen LogP contribution in [0.2, 0.25) is 0 Å². The largest absolute Gasteiger partial charge is 0.382 e. The van der Waals surface area contributed by atoms with Crippen LogP contribution in [0, 0.1) is 5.92 Å². The topological polar surface area (TPSA) is 37.3 Å². The Kier molecular flexibility index (Phi) is 5.47. The molecule has 2 heteroatoms. The van der Waals surface area contributed by atoms with E-state index in [2.05, 4.69) is 13.8 Å². The number of unbranched alkanes of at least 4 members (excludes halogenated alkanes) is 1. The predicted molar refractivity (Wildman–Crippen MR) is 66.3 cm³/mol. The van der Waals surface area contributed by atoms with Crippen LogP contribution < -0.4 is 0 Å². The number of hydrogen-bond acceptors (Lipinski definition) is 2. The minimum Gasteiger partial charge on any atom is -0.382 e. The third-order valence-corrected chi connectivity index (χ3v) is 3.97. The maximum Gasteiger partial charge on any atom is 0.164 e. The van der Waals surface area contributed by atoms with Crippen LogP contribution >= 0.6 is 0 Å². The van der Waals surface area contributed by atoms with E-state index in [0.29, 0.717) is 25.2 Å². The minimum atomic E-state index is -0.959. The third kappa shape index (κ3) is 3.58. The number of ketones is 1. The third-order valence-electron chi connectivity index (χ3n) is 3.97. The Morgan fingerprint density at radius 2 is 1.94 bits per heavy atom. The summed E-state index contributed by atoms with van der Waals surface area (Å²) in [5.41, 5.74) is -0.959. The molecule has 16 heavy (non-hydrogen) atoms. The first-order chi connectivity index (χ1) is 7.62. The van der Waals surface area contributed by atoms with Crippen molar-refractivity contribution in [2.75, 3.05) is 0 Å². The van der Waals surface area contributed by atoms with Gasteiger partial charge >= 0.3 is 0 Å². The van der Waals surface area contributed by atoms with Crippen molar-refractivity contribution < 1.29 is 9.90 Å². The van der Waals surface area contributed by atoms with Gasteiger partial charge in [-0.05, 0) is 31.6 Å². The minimum absolute atomic E-state index is 0.105. The first-order valence-corrected chi connectivity index (χ1v) is 6.88. The Balaban J connectivity index is 2.41. The highest BCUT2D eigenvalue weighted by Crippen LogP contribution is 2.33.